The van der Waals surface area contributed by atoms with Crippen LogP contribution in [0.4, 0.5) is 0 Å². The lowest BCUT2D eigenvalue weighted by Gasteiger charge is -2.17. The van der Waals surface area contributed by atoms with E-state index in [-0.39, 0.29) is 0 Å². The Morgan fingerprint density at radius 1 is 1.60 bits per heavy atom. The Balaban J connectivity index is 2.27. The zero-order chi connectivity index (χ0) is 11.3. The van der Waals surface area contributed by atoms with Crippen LogP contribution in [0.1, 0.15) is 18.2 Å². The van der Waals surface area contributed by atoms with E-state index in [4.69, 9.17) is 5.73 Å². The van der Waals surface area contributed by atoms with Crippen molar-refractivity contribution in [3.8, 4) is 0 Å². The van der Waals surface area contributed by atoms with Crippen LogP contribution in [-0.4, -0.2) is 25.0 Å². The average Bonchev–Trinajstić information content (AvgIpc) is 2.60. The van der Waals surface area contributed by atoms with E-state index in [0.717, 1.165) is 19.6 Å². The minimum atomic E-state index is 0.627. The minimum Gasteiger partial charge on any atom is -0.330 e. The van der Waals surface area contributed by atoms with E-state index in [1.807, 2.05) is 0 Å². The molecule has 0 amide bonds. The van der Waals surface area contributed by atoms with Crippen molar-refractivity contribution in [1.82, 2.24) is 4.90 Å². The second-order valence-electron chi connectivity index (χ2n) is 4.10. The third-order valence-electron chi connectivity index (χ3n) is 2.45. The maximum atomic E-state index is 5.59. The van der Waals surface area contributed by atoms with Gasteiger partial charge in [0.15, 0.2) is 0 Å². The van der Waals surface area contributed by atoms with E-state index in [2.05, 4.69) is 46.2 Å². The predicted octanol–water partition coefficient (Wildman–Crippen LogP) is 2.93. The fourth-order valence-corrected chi connectivity index (χ4v) is 2.87. The van der Waals surface area contributed by atoms with Gasteiger partial charge in [-0.3, -0.25) is 0 Å². The summed E-state index contributed by atoms with van der Waals surface area (Å²) in [5.74, 6) is 0.627. The second-order valence-corrected chi connectivity index (χ2v) is 6.01. The van der Waals surface area contributed by atoms with Crippen molar-refractivity contribution >= 4 is 27.3 Å². The monoisotopic (exact) mass is 290 g/mol. The molecule has 86 valence electrons. The van der Waals surface area contributed by atoms with Crippen molar-refractivity contribution in [2.45, 2.75) is 19.9 Å². The number of halogens is 1. The Kier molecular flexibility index (Phi) is 5.82. The van der Waals surface area contributed by atoms with Gasteiger partial charge in [-0.1, -0.05) is 6.92 Å². The second kappa shape index (κ2) is 6.63. The van der Waals surface area contributed by atoms with Crippen molar-refractivity contribution in [1.29, 1.82) is 0 Å². The van der Waals surface area contributed by atoms with Gasteiger partial charge in [0.25, 0.3) is 0 Å². The highest BCUT2D eigenvalue weighted by Gasteiger charge is 2.05. The highest BCUT2D eigenvalue weighted by Crippen LogP contribution is 2.20. The van der Waals surface area contributed by atoms with E-state index >= 15 is 0 Å². The van der Waals surface area contributed by atoms with E-state index in [9.17, 15) is 0 Å². The van der Waals surface area contributed by atoms with E-state index in [1.165, 1.54) is 15.8 Å². The standard InChI is InChI=1S/C11H19BrN2S/c1-9(6-13)3-4-14(2)7-11-5-10(12)8-15-11/h5,8-9H,3-4,6-7,13H2,1-2H3. The lowest BCUT2D eigenvalue weighted by molar-refractivity contribution is 0.302. The summed E-state index contributed by atoms with van der Waals surface area (Å²) in [5.41, 5.74) is 5.59. The first-order chi connectivity index (χ1) is 7.11. The van der Waals surface area contributed by atoms with Gasteiger partial charge in [-0.15, -0.1) is 11.3 Å². The molecule has 0 radical (unpaired) electrons. The molecule has 0 spiro atoms. The van der Waals surface area contributed by atoms with Crippen LogP contribution in [0.3, 0.4) is 0 Å². The highest BCUT2D eigenvalue weighted by molar-refractivity contribution is 9.10. The number of hydrogen-bond acceptors (Lipinski definition) is 3. The van der Waals surface area contributed by atoms with Gasteiger partial charge in [0.2, 0.25) is 0 Å². The van der Waals surface area contributed by atoms with Gasteiger partial charge in [-0.2, -0.15) is 0 Å². The fourth-order valence-electron chi connectivity index (χ4n) is 1.34. The summed E-state index contributed by atoms with van der Waals surface area (Å²) < 4.78 is 1.19. The zero-order valence-electron chi connectivity index (χ0n) is 9.37. The van der Waals surface area contributed by atoms with Gasteiger partial charge < -0.3 is 10.6 Å². The van der Waals surface area contributed by atoms with Crippen molar-refractivity contribution in [2.75, 3.05) is 20.1 Å². The summed E-state index contributed by atoms with van der Waals surface area (Å²) >= 11 is 5.28. The van der Waals surface area contributed by atoms with Gasteiger partial charge in [0.1, 0.15) is 0 Å². The Hall–Kier alpha value is 0.1000. The van der Waals surface area contributed by atoms with E-state index in [1.54, 1.807) is 11.3 Å². The molecule has 0 aliphatic rings. The molecule has 1 unspecified atom stereocenters. The van der Waals surface area contributed by atoms with Crippen molar-refractivity contribution in [3.05, 3.63) is 20.8 Å². The molecule has 1 aromatic rings. The Bertz CT molecular complexity index is 288. The third kappa shape index (κ3) is 5.11. The molecule has 1 aromatic heterocycles. The van der Waals surface area contributed by atoms with Crippen LogP contribution in [-0.2, 0) is 6.54 Å². The van der Waals surface area contributed by atoms with Crippen LogP contribution in [0.5, 0.6) is 0 Å². The van der Waals surface area contributed by atoms with Crippen LogP contribution in [0.15, 0.2) is 15.9 Å². The molecular formula is C11H19BrN2S. The smallest absolute Gasteiger partial charge is 0.0325 e. The van der Waals surface area contributed by atoms with Crippen LogP contribution in [0.2, 0.25) is 0 Å². The van der Waals surface area contributed by atoms with Gasteiger partial charge in [-0.05, 0) is 54.5 Å². The quantitative estimate of drug-likeness (QED) is 0.873. The van der Waals surface area contributed by atoms with Gasteiger partial charge in [-0.25, -0.2) is 0 Å². The molecule has 0 saturated carbocycles. The molecule has 15 heavy (non-hydrogen) atoms. The maximum Gasteiger partial charge on any atom is 0.0325 e. The first-order valence-electron chi connectivity index (χ1n) is 5.23. The number of nitrogens with zero attached hydrogens (tertiary/aromatic N) is 1. The summed E-state index contributed by atoms with van der Waals surface area (Å²) in [6.07, 6.45) is 1.18. The predicted molar refractivity (Wildman–Crippen MR) is 71.2 cm³/mol. The summed E-state index contributed by atoms with van der Waals surface area (Å²) in [5, 5.41) is 2.13. The molecule has 0 saturated heterocycles. The SMILES string of the molecule is CC(CN)CCN(C)Cc1cc(Br)cs1. The summed E-state index contributed by atoms with van der Waals surface area (Å²) in [6.45, 7) is 5.15. The van der Waals surface area contributed by atoms with Crippen molar-refractivity contribution < 1.29 is 0 Å². The number of nitrogens with two attached hydrogens (primary N) is 1. The number of hydrogen-bond donors (Lipinski definition) is 1. The molecule has 1 atom stereocenters. The first-order valence-corrected chi connectivity index (χ1v) is 6.90. The average molecular weight is 291 g/mol. The molecule has 0 fully saturated rings. The molecule has 4 heteroatoms. The number of thiophene rings is 1. The van der Waals surface area contributed by atoms with Gasteiger partial charge in [0, 0.05) is 21.3 Å². The Morgan fingerprint density at radius 2 is 2.33 bits per heavy atom. The van der Waals surface area contributed by atoms with Crippen LogP contribution in [0, 0.1) is 5.92 Å². The van der Waals surface area contributed by atoms with E-state index < -0.39 is 0 Å². The van der Waals surface area contributed by atoms with Crippen molar-refractivity contribution in [2.24, 2.45) is 11.7 Å². The molecule has 1 rings (SSSR count). The lowest BCUT2D eigenvalue weighted by Crippen LogP contribution is -2.22. The van der Waals surface area contributed by atoms with Gasteiger partial charge >= 0.3 is 0 Å². The third-order valence-corrected chi connectivity index (χ3v) is 4.14. The van der Waals surface area contributed by atoms with Gasteiger partial charge in [0.05, 0.1) is 0 Å². The molecule has 0 aliphatic heterocycles. The fraction of sp³-hybridized carbons (Fsp3) is 0.636. The van der Waals surface area contributed by atoms with Crippen LogP contribution < -0.4 is 5.73 Å². The molecule has 0 bridgehead atoms. The highest BCUT2D eigenvalue weighted by atomic mass is 79.9. The summed E-state index contributed by atoms with van der Waals surface area (Å²) in [4.78, 5) is 3.76. The first kappa shape index (κ1) is 13.2. The number of rotatable bonds is 6. The molecule has 2 nitrogen and oxygen atoms in total. The minimum absolute atomic E-state index is 0.627. The zero-order valence-corrected chi connectivity index (χ0v) is 11.8. The topological polar surface area (TPSA) is 29.3 Å². The maximum absolute atomic E-state index is 5.59. The van der Waals surface area contributed by atoms with Crippen LogP contribution >= 0.6 is 27.3 Å². The van der Waals surface area contributed by atoms with E-state index in [0.29, 0.717) is 5.92 Å². The van der Waals surface area contributed by atoms with Crippen LogP contribution in [0.25, 0.3) is 0 Å². The summed E-state index contributed by atoms with van der Waals surface area (Å²) in [6, 6.07) is 2.19. The molecule has 0 aliphatic carbocycles. The molecular weight excluding hydrogens is 272 g/mol. The van der Waals surface area contributed by atoms with Crippen molar-refractivity contribution in [3.63, 3.8) is 0 Å². The Labute approximate surface area is 105 Å². The lowest BCUT2D eigenvalue weighted by atomic mass is 10.1. The normalized spacial score (nSPS) is 13.4. The molecule has 0 aromatic carbocycles. The molecule has 1 heterocycles. The Morgan fingerprint density at radius 3 is 2.87 bits per heavy atom. The largest absolute Gasteiger partial charge is 0.330 e. The molecule has 2 N–H and O–H groups in total. The summed E-state index contributed by atoms with van der Waals surface area (Å²) in [7, 11) is 2.16.